The van der Waals surface area contributed by atoms with Crippen molar-refractivity contribution in [3.05, 3.63) is 23.9 Å². The van der Waals surface area contributed by atoms with Gasteiger partial charge < -0.3 is 9.80 Å². The third kappa shape index (κ3) is 3.52. The lowest BCUT2D eigenvalue weighted by Crippen LogP contribution is -2.55. The Balaban J connectivity index is 1.49. The van der Waals surface area contributed by atoms with Crippen molar-refractivity contribution in [3.63, 3.8) is 0 Å². The maximum atomic E-state index is 13.1. The van der Waals surface area contributed by atoms with Gasteiger partial charge in [-0.1, -0.05) is 13.3 Å². The van der Waals surface area contributed by atoms with E-state index in [2.05, 4.69) is 22.4 Å². The highest BCUT2D eigenvalue weighted by Gasteiger charge is 2.42. The van der Waals surface area contributed by atoms with E-state index in [0.717, 1.165) is 58.3 Å². The SMILES string of the molecule is CCCCN1CC2(CCCN(C(=O)c3ccc4nnnn4c3)C2)CCC1=O. The first-order chi connectivity index (χ1) is 13.1. The average Bonchev–Trinajstić information content (AvgIpc) is 3.16. The summed E-state index contributed by atoms with van der Waals surface area (Å²) in [6.45, 7) is 5.24. The largest absolute Gasteiger partial charge is 0.342 e. The Labute approximate surface area is 158 Å². The van der Waals surface area contributed by atoms with Gasteiger partial charge in [-0.25, -0.2) is 0 Å². The van der Waals surface area contributed by atoms with Gasteiger partial charge in [-0.3, -0.25) is 9.59 Å². The maximum absolute atomic E-state index is 13.1. The number of nitrogens with zero attached hydrogens (tertiary/aromatic N) is 6. The molecule has 2 fully saturated rings. The van der Waals surface area contributed by atoms with E-state index in [1.807, 2.05) is 9.80 Å². The molecule has 0 bridgehead atoms. The smallest absolute Gasteiger partial charge is 0.255 e. The molecular formula is C19H26N6O2. The van der Waals surface area contributed by atoms with Gasteiger partial charge in [0.05, 0.1) is 5.56 Å². The number of fused-ring (bicyclic) bond motifs is 1. The summed E-state index contributed by atoms with van der Waals surface area (Å²) in [4.78, 5) is 29.3. The topological polar surface area (TPSA) is 83.7 Å². The first-order valence-electron chi connectivity index (χ1n) is 9.85. The van der Waals surface area contributed by atoms with Gasteiger partial charge in [0.2, 0.25) is 5.91 Å². The number of rotatable bonds is 4. The van der Waals surface area contributed by atoms with Crippen LogP contribution in [0.2, 0.25) is 0 Å². The number of hydrogen-bond acceptors (Lipinski definition) is 5. The molecule has 2 aliphatic heterocycles. The fraction of sp³-hybridized carbons (Fsp3) is 0.632. The molecule has 1 spiro atoms. The normalized spacial score (nSPS) is 23.4. The second-order valence-electron chi connectivity index (χ2n) is 7.90. The van der Waals surface area contributed by atoms with E-state index in [9.17, 15) is 9.59 Å². The van der Waals surface area contributed by atoms with Crippen LogP contribution in [-0.2, 0) is 4.79 Å². The molecule has 0 saturated carbocycles. The summed E-state index contributed by atoms with van der Waals surface area (Å²) in [5, 5.41) is 11.4. The third-order valence-corrected chi connectivity index (χ3v) is 5.92. The molecule has 2 aromatic rings. The predicted octanol–water partition coefficient (Wildman–Crippen LogP) is 1.77. The summed E-state index contributed by atoms with van der Waals surface area (Å²) in [7, 11) is 0. The minimum atomic E-state index is 0.0171. The van der Waals surface area contributed by atoms with Crippen LogP contribution in [0.15, 0.2) is 18.3 Å². The summed E-state index contributed by atoms with van der Waals surface area (Å²) >= 11 is 0. The second-order valence-corrected chi connectivity index (χ2v) is 7.90. The van der Waals surface area contributed by atoms with Crippen molar-refractivity contribution in [2.45, 2.75) is 45.4 Å². The highest BCUT2D eigenvalue weighted by atomic mass is 16.2. The lowest BCUT2D eigenvalue weighted by molar-refractivity contribution is -0.139. The standard InChI is InChI=1S/C19H26N6O2/c1-2-3-10-23-13-19(9-7-17(23)26)8-4-11-24(14-19)18(27)15-5-6-16-20-21-22-25(16)12-15/h5-6,12H,2-4,7-11,13-14H2,1H3. The lowest BCUT2D eigenvalue weighted by Gasteiger charge is -2.48. The number of piperidine rings is 2. The summed E-state index contributed by atoms with van der Waals surface area (Å²) in [5.41, 5.74) is 1.26. The van der Waals surface area contributed by atoms with Crippen LogP contribution in [0.3, 0.4) is 0 Å². The summed E-state index contributed by atoms with van der Waals surface area (Å²) in [6, 6.07) is 3.55. The summed E-state index contributed by atoms with van der Waals surface area (Å²) < 4.78 is 1.53. The Morgan fingerprint density at radius 2 is 2.15 bits per heavy atom. The lowest BCUT2D eigenvalue weighted by atomic mass is 9.73. The molecule has 144 valence electrons. The molecule has 4 heterocycles. The molecule has 0 aliphatic carbocycles. The minimum absolute atomic E-state index is 0.0171. The van der Waals surface area contributed by atoms with Crippen molar-refractivity contribution in [2.75, 3.05) is 26.2 Å². The first kappa shape index (κ1) is 17.9. The Bertz CT molecular complexity index is 850. The van der Waals surface area contributed by atoms with Crippen LogP contribution in [0, 0.1) is 5.41 Å². The number of carbonyl (C=O) groups excluding carboxylic acids is 2. The highest BCUT2D eigenvalue weighted by Crippen LogP contribution is 2.39. The van der Waals surface area contributed by atoms with Crippen LogP contribution >= 0.6 is 0 Å². The van der Waals surface area contributed by atoms with Gasteiger partial charge in [0.1, 0.15) is 0 Å². The van der Waals surface area contributed by atoms with Crippen molar-refractivity contribution in [1.82, 2.24) is 29.8 Å². The van der Waals surface area contributed by atoms with E-state index in [0.29, 0.717) is 17.6 Å². The van der Waals surface area contributed by atoms with Crippen molar-refractivity contribution in [1.29, 1.82) is 0 Å². The van der Waals surface area contributed by atoms with Crippen LogP contribution in [-0.4, -0.2) is 67.8 Å². The molecule has 0 aromatic carbocycles. The Hall–Kier alpha value is -2.51. The van der Waals surface area contributed by atoms with Crippen molar-refractivity contribution in [2.24, 2.45) is 5.41 Å². The molecule has 2 saturated heterocycles. The third-order valence-electron chi connectivity index (χ3n) is 5.92. The molecule has 2 aliphatic rings. The molecule has 2 amide bonds. The number of unbranched alkanes of at least 4 members (excludes halogenated alkanes) is 1. The predicted molar refractivity (Wildman–Crippen MR) is 99.1 cm³/mol. The zero-order valence-electron chi connectivity index (χ0n) is 15.8. The van der Waals surface area contributed by atoms with Crippen LogP contribution in [0.4, 0.5) is 0 Å². The molecule has 2 aromatic heterocycles. The Morgan fingerprint density at radius 1 is 1.26 bits per heavy atom. The Kier molecular flexibility index (Phi) is 4.80. The molecule has 0 N–H and O–H groups in total. The zero-order chi connectivity index (χ0) is 18.9. The number of pyridine rings is 1. The summed E-state index contributed by atoms with van der Waals surface area (Å²) in [6.07, 6.45) is 7.36. The van der Waals surface area contributed by atoms with E-state index >= 15 is 0 Å². The highest BCUT2D eigenvalue weighted by molar-refractivity contribution is 5.94. The van der Waals surface area contributed by atoms with Gasteiger partial charge in [0.25, 0.3) is 5.91 Å². The van der Waals surface area contributed by atoms with Gasteiger partial charge in [0, 0.05) is 44.2 Å². The zero-order valence-corrected chi connectivity index (χ0v) is 15.8. The van der Waals surface area contributed by atoms with Gasteiger partial charge in [-0.05, 0) is 48.2 Å². The second kappa shape index (κ2) is 7.25. The van der Waals surface area contributed by atoms with Gasteiger partial charge in [-0.15, -0.1) is 5.10 Å². The quantitative estimate of drug-likeness (QED) is 0.819. The van der Waals surface area contributed by atoms with Crippen LogP contribution in [0.25, 0.3) is 5.65 Å². The van der Waals surface area contributed by atoms with Crippen molar-refractivity contribution >= 4 is 17.5 Å². The maximum Gasteiger partial charge on any atom is 0.255 e. The van der Waals surface area contributed by atoms with Gasteiger partial charge >= 0.3 is 0 Å². The Morgan fingerprint density at radius 3 is 3.00 bits per heavy atom. The van der Waals surface area contributed by atoms with E-state index in [-0.39, 0.29) is 17.2 Å². The fourth-order valence-corrected chi connectivity index (χ4v) is 4.42. The van der Waals surface area contributed by atoms with E-state index in [1.54, 1.807) is 18.3 Å². The number of hydrogen-bond donors (Lipinski definition) is 0. The first-order valence-corrected chi connectivity index (χ1v) is 9.85. The van der Waals surface area contributed by atoms with Gasteiger partial charge in [-0.2, -0.15) is 4.52 Å². The molecule has 27 heavy (non-hydrogen) atoms. The number of amides is 2. The average molecular weight is 370 g/mol. The molecular weight excluding hydrogens is 344 g/mol. The van der Waals surface area contributed by atoms with Crippen LogP contribution in [0.5, 0.6) is 0 Å². The fourth-order valence-electron chi connectivity index (χ4n) is 4.42. The van der Waals surface area contributed by atoms with Crippen molar-refractivity contribution < 1.29 is 9.59 Å². The summed E-state index contributed by atoms with van der Waals surface area (Å²) in [5.74, 6) is 0.283. The number of aromatic nitrogens is 4. The monoisotopic (exact) mass is 370 g/mol. The minimum Gasteiger partial charge on any atom is -0.342 e. The molecule has 8 nitrogen and oxygen atoms in total. The van der Waals surface area contributed by atoms with E-state index in [4.69, 9.17) is 0 Å². The number of tetrazole rings is 1. The van der Waals surface area contributed by atoms with Crippen LogP contribution in [0.1, 0.15) is 55.8 Å². The van der Waals surface area contributed by atoms with Crippen LogP contribution < -0.4 is 0 Å². The molecule has 0 radical (unpaired) electrons. The van der Waals surface area contributed by atoms with Crippen molar-refractivity contribution in [3.8, 4) is 0 Å². The van der Waals surface area contributed by atoms with E-state index in [1.165, 1.54) is 4.52 Å². The molecule has 8 heteroatoms. The molecule has 1 atom stereocenters. The number of likely N-dealkylation sites (tertiary alicyclic amines) is 2. The molecule has 1 unspecified atom stereocenters. The number of carbonyl (C=O) groups is 2. The van der Waals surface area contributed by atoms with Gasteiger partial charge in [0.15, 0.2) is 5.65 Å². The molecule has 4 rings (SSSR count). The van der Waals surface area contributed by atoms with E-state index < -0.39 is 0 Å².